The summed E-state index contributed by atoms with van der Waals surface area (Å²) < 4.78 is 23.2. The molecule has 0 spiro atoms. The van der Waals surface area contributed by atoms with E-state index in [2.05, 4.69) is 20.4 Å². The second-order valence-corrected chi connectivity index (χ2v) is 11.0. The topological polar surface area (TPSA) is 154 Å². The molecular formula is C33H33N5O8. The van der Waals surface area contributed by atoms with Crippen molar-refractivity contribution in [3.05, 3.63) is 65.7 Å². The third-order valence-corrected chi connectivity index (χ3v) is 7.95. The van der Waals surface area contributed by atoms with Gasteiger partial charge in [-0.1, -0.05) is 0 Å². The van der Waals surface area contributed by atoms with E-state index in [9.17, 15) is 19.2 Å². The summed E-state index contributed by atoms with van der Waals surface area (Å²) in [4.78, 5) is 56.9. The zero-order chi connectivity index (χ0) is 32.4. The molecule has 0 radical (unpaired) electrons. The lowest BCUT2D eigenvalue weighted by Crippen LogP contribution is -2.35. The van der Waals surface area contributed by atoms with Crippen molar-refractivity contribution in [3.8, 4) is 11.5 Å². The van der Waals surface area contributed by atoms with Crippen molar-refractivity contribution in [3.63, 3.8) is 0 Å². The van der Waals surface area contributed by atoms with Crippen LogP contribution in [-0.2, 0) is 16.6 Å². The molecule has 2 aromatic heterocycles. The molecule has 6 rings (SSSR count). The second kappa shape index (κ2) is 12.8. The van der Waals surface area contributed by atoms with Gasteiger partial charge in [0.1, 0.15) is 11.3 Å². The van der Waals surface area contributed by atoms with Gasteiger partial charge in [-0.2, -0.15) is 0 Å². The number of carbonyl (C=O) groups excluding carboxylic acids is 4. The molecule has 0 aliphatic carbocycles. The minimum absolute atomic E-state index is 0.00528. The van der Waals surface area contributed by atoms with Crippen LogP contribution in [0.15, 0.2) is 58.1 Å². The fourth-order valence-corrected chi connectivity index (χ4v) is 5.63. The summed E-state index contributed by atoms with van der Waals surface area (Å²) in [6.45, 7) is 0.944. The van der Waals surface area contributed by atoms with Gasteiger partial charge in [-0.3, -0.25) is 19.4 Å². The van der Waals surface area contributed by atoms with Gasteiger partial charge in [0, 0.05) is 49.6 Å². The van der Waals surface area contributed by atoms with Crippen LogP contribution in [0.4, 0.5) is 17.1 Å². The van der Waals surface area contributed by atoms with Gasteiger partial charge in [-0.15, -0.1) is 0 Å². The highest BCUT2D eigenvalue weighted by atomic mass is 16.5. The number of carbonyl (C=O) groups is 4. The van der Waals surface area contributed by atoms with Gasteiger partial charge in [-0.05, 0) is 55.7 Å². The predicted octanol–water partition coefficient (Wildman–Crippen LogP) is 4.94. The number of ether oxygens (including phenoxy) is 3. The lowest BCUT2D eigenvalue weighted by Gasteiger charge is -2.20. The normalized spacial score (nSPS) is 15.2. The number of aryl methyl sites for hydroxylation is 1. The summed E-state index contributed by atoms with van der Waals surface area (Å²) in [5, 5.41) is 6.28. The summed E-state index contributed by atoms with van der Waals surface area (Å²) in [6.07, 6.45) is 5.91. The molecule has 2 aliphatic heterocycles. The van der Waals surface area contributed by atoms with Crippen LogP contribution in [0.25, 0.3) is 11.0 Å². The lowest BCUT2D eigenvalue weighted by molar-refractivity contribution is -0.116. The van der Waals surface area contributed by atoms with E-state index in [1.54, 1.807) is 60.3 Å². The molecule has 4 heterocycles. The molecule has 3 amide bonds. The third-order valence-electron chi connectivity index (χ3n) is 7.95. The Labute approximate surface area is 264 Å². The molecule has 2 aromatic carbocycles. The Morgan fingerprint density at radius 1 is 1.04 bits per heavy atom. The average molecular weight is 628 g/mol. The first kappa shape index (κ1) is 30.4. The van der Waals surface area contributed by atoms with E-state index < -0.39 is 5.97 Å². The van der Waals surface area contributed by atoms with Crippen molar-refractivity contribution in [2.45, 2.75) is 31.7 Å². The maximum absolute atomic E-state index is 13.1. The Morgan fingerprint density at radius 3 is 2.70 bits per heavy atom. The monoisotopic (exact) mass is 627 g/mol. The number of methoxy groups -OCH3 is 2. The van der Waals surface area contributed by atoms with Crippen LogP contribution in [0, 0.1) is 0 Å². The number of esters is 1. The summed E-state index contributed by atoms with van der Waals surface area (Å²) >= 11 is 0. The van der Waals surface area contributed by atoms with Crippen molar-refractivity contribution >= 4 is 57.9 Å². The number of rotatable bonds is 10. The van der Waals surface area contributed by atoms with Gasteiger partial charge < -0.3 is 38.7 Å². The number of amides is 3. The number of fused-ring (bicyclic) bond motifs is 3. The Kier molecular flexibility index (Phi) is 8.47. The zero-order valence-electron chi connectivity index (χ0n) is 25.6. The molecule has 1 saturated heterocycles. The molecule has 13 heteroatoms. The number of aliphatic imine (C=N–C) groups is 1. The summed E-state index contributed by atoms with van der Waals surface area (Å²) in [7, 11) is 4.49. The third kappa shape index (κ3) is 6.16. The highest BCUT2D eigenvalue weighted by molar-refractivity contribution is 6.06. The first-order valence-corrected chi connectivity index (χ1v) is 14.8. The lowest BCUT2D eigenvalue weighted by atomic mass is 10.1. The van der Waals surface area contributed by atoms with Crippen molar-refractivity contribution in [1.29, 1.82) is 0 Å². The van der Waals surface area contributed by atoms with Crippen LogP contribution >= 0.6 is 0 Å². The molecule has 2 aliphatic rings. The quantitative estimate of drug-likeness (QED) is 0.185. The number of benzene rings is 2. The van der Waals surface area contributed by atoms with Gasteiger partial charge in [-0.25, -0.2) is 4.79 Å². The van der Waals surface area contributed by atoms with E-state index in [1.807, 2.05) is 11.1 Å². The SMILES string of the molecule is COC(=O)c1cc2cc(NC(=O)c3cc(NC(=O)CCCOc4cc5c(cc4OC)C(=O)N4CCC[C@H]4C=N5)cn3C)ccc2o1. The van der Waals surface area contributed by atoms with Crippen LogP contribution < -0.4 is 20.1 Å². The Balaban J connectivity index is 1.02. The van der Waals surface area contributed by atoms with Gasteiger partial charge in [0.05, 0.1) is 43.8 Å². The fourth-order valence-electron chi connectivity index (χ4n) is 5.63. The van der Waals surface area contributed by atoms with Gasteiger partial charge in [0.15, 0.2) is 11.5 Å². The van der Waals surface area contributed by atoms with Crippen molar-refractivity contribution in [2.75, 3.05) is 38.0 Å². The largest absolute Gasteiger partial charge is 0.493 e. The van der Waals surface area contributed by atoms with Crippen LogP contribution in [0.5, 0.6) is 11.5 Å². The average Bonchev–Trinajstić information content (AvgIpc) is 3.77. The molecule has 0 bridgehead atoms. The van der Waals surface area contributed by atoms with E-state index in [4.69, 9.17) is 13.9 Å². The molecular weight excluding hydrogens is 594 g/mol. The van der Waals surface area contributed by atoms with Crippen LogP contribution in [0.2, 0.25) is 0 Å². The number of nitrogens with one attached hydrogen (secondary N) is 2. The standard InChI is InChI=1S/C33H33N5O8/c1-37-18-21(14-25(37)31(40)36-20-8-9-26-19(12-20)13-29(46-26)33(42)44-3)35-30(39)7-5-11-45-28-16-24-23(15-27(28)43-2)32(41)38-10-4-6-22(38)17-34-24/h8-9,12-18,22H,4-7,10-11H2,1-3H3,(H,35,39)(H,36,40)/t22-/m0/s1. The first-order valence-electron chi connectivity index (χ1n) is 14.8. The fraction of sp³-hybridized carbons (Fsp3) is 0.303. The minimum Gasteiger partial charge on any atom is -0.493 e. The van der Waals surface area contributed by atoms with Crippen LogP contribution in [-0.4, -0.2) is 72.8 Å². The van der Waals surface area contributed by atoms with Gasteiger partial charge >= 0.3 is 5.97 Å². The summed E-state index contributed by atoms with van der Waals surface area (Å²) in [5.41, 5.74) is 2.81. The predicted molar refractivity (Wildman–Crippen MR) is 169 cm³/mol. The van der Waals surface area contributed by atoms with E-state index >= 15 is 0 Å². The van der Waals surface area contributed by atoms with Crippen molar-refractivity contribution < 1.29 is 37.8 Å². The van der Waals surface area contributed by atoms with Crippen molar-refractivity contribution in [2.24, 2.45) is 12.0 Å². The van der Waals surface area contributed by atoms with E-state index in [0.29, 0.717) is 63.8 Å². The molecule has 1 fully saturated rings. The Morgan fingerprint density at radius 2 is 1.89 bits per heavy atom. The molecule has 46 heavy (non-hydrogen) atoms. The first-order chi connectivity index (χ1) is 22.2. The molecule has 1 atom stereocenters. The second-order valence-electron chi connectivity index (χ2n) is 11.0. The number of hydrogen-bond donors (Lipinski definition) is 2. The molecule has 0 unspecified atom stereocenters. The van der Waals surface area contributed by atoms with Crippen LogP contribution in [0.3, 0.4) is 0 Å². The van der Waals surface area contributed by atoms with Crippen molar-refractivity contribution in [1.82, 2.24) is 9.47 Å². The zero-order valence-corrected chi connectivity index (χ0v) is 25.6. The Bertz CT molecular complexity index is 1870. The number of nitrogens with zero attached hydrogens (tertiary/aromatic N) is 3. The maximum atomic E-state index is 13.1. The molecule has 4 aromatic rings. The Hall–Kier alpha value is -5.59. The minimum atomic E-state index is -0.591. The van der Waals surface area contributed by atoms with Gasteiger partial charge in [0.25, 0.3) is 11.8 Å². The number of furan rings is 1. The van der Waals surface area contributed by atoms with Gasteiger partial charge in [0.2, 0.25) is 11.7 Å². The number of hydrogen-bond acceptors (Lipinski definition) is 9. The summed E-state index contributed by atoms with van der Waals surface area (Å²) in [5.74, 6) is -0.336. The van der Waals surface area contributed by atoms with E-state index in [0.717, 1.165) is 12.8 Å². The number of aromatic nitrogens is 1. The van der Waals surface area contributed by atoms with E-state index in [1.165, 1.54) is 14.2 Å². The molecule has 13 nitrogen and oxygen atoms in total. The molecule has 238 valence electrons. The number of anilines is 2. The van der Waals surface area contributed by atoms with Crippen LogP contribution in [0.1, 0.15) is 57.1 Å². The highest BCUT2D eigenvalue weighted by Crippen LogP contribution is 2.38. The van der Waals surface area contributed by atoms with E-state index in [-0.39, 0.29) is 42.6 Å². The molecule has 2 N–H and O–H groups in total. The highest BCUT2D eigenvalue weighted by Gasteiger charge is 2.32. The summed E-state index contributed by atoms with van der Waals surface area (Å²) in [6, 6.07) is 11.5. The maximum Gasteiger partial charge on any atom is 0.373 e. The molecule has 0 saturated carbocycles. The smallest absolute Gasteiger partial charge is 0.373 e.